The standard InChI is InChI=1S/C16H28ClN/c1-15(2,3)18-10-14(17)16-7-11-4-12(8-16)6-13(5-11)9-16/h11-14,18H,4-10H2,1-3H3. The van der Waals surface area contributed by atoms with Crippen molar-refractivity contribution in [2.75, 3.05) is 6.54 Å². The van der Waals surface area contributed by atoms with Crippen LogP contribution in [0.5, 0.6) is 0 Å². The SMILES string of the molecule is CC(C)(C)NCC(Cl)C12CC3CC(CC(C3)C1)C2. The van der Waals surface area contributed by atoms with Gasteiger partial charge in [-0.2, -0.15) is 0 Å². The molecule has 104 valence electrons. The second-order valence-electron chi connectivity index (χ2n) is 8.38. The molecule has 4 aliphatic carbocycles. The lowest BCUT2D eigenvalue weighted by Crippen LogP contribution is -2.53. The van der Waals surface area contributed by atoms with Gasteiger partial charge >= 0.3 is 0 Å². The second-order valence-corrected chi connectivity index (χ2v) is 8.91. The van der Waals surface area contributed by atoms with Gasteiger partial charge in [0.1, 0.15) is 0 Å². The zero-order valence-electron chi connectivity index (χ0n) is 12.1. The Kier molecular flexibility index (Phi) is 3.22. The molecule has 0 saturated heterocycles. The zero-order valence-corrected chi connectivity index (χ0v) is 12.9. The van der Waals surface area contributed by atoms with Crippen LogP contribution < -0.4 is 5.32 Å². The Labute approximate surface area is 117 Å². The highest BCUT2D eigenvalue weighted by molar-refractivity contribution is 6.21. The minimum atomic E-state index is 0.190. The van der Waals surface area contributed by atoms with Crippen LogP contribution in [0.1, 0.15) is 59.3 Å². The molecule has 1 unspecified atom stereocenters. The fourth-order valence-corrected chi connectivity index (χ4v) is 5.52. The molecule has 0 aliphatic heterocycles. The Morgan fingerprint density at radius 2 is 1.50 bits per heavy atom. The molecule has 4 saturated carbocycles. The monoisotopic (exact) mass is 269 g/mol. The molecule has 4 rings (SSSR count). The normalized spacial score (nSPS) is 44.3. The van der Waals surface area contributed by atoms with E-state index in [0.29, 0.717) is 10.8 Å². The average molecular weight is 270 g/mol. The Hall–Kier alpha value is 0.250. The van der Waals surface area contributed by atoms with Crippen molar-refractivity contribution < 1.29 is 0 Å². The lowest BCUT2D eigenvalue weighted by Gasteiger charge is -2.58. The Morgan fingerprint density at radius 3 is 1.89 bits per heavy atom. The van der Waals surface area contributed by atoms with Crippen LogP contribution in [0.2, 0.25) is 0 Å². The topological polar surface area (TPSA) is 12.0 Å². The summed E-state index contributed by atoms with van der Waals surface area (Å²) in [6.45, 7) is 7.68. The van der Waals surface area contributed by atoms with Gasteiger partial charge < -0.3 is 5.32 Å². The molecule has 0 amide bonds. The molecule has 0 radical (unpaired) electrons. The van der Waals surface area contributed by atoms with Crippen molar-refractivity contribution in [1.82, 2.24) is 5.32 Å². The van der Waals surface area contributed by atoms with Crippen LogP contribution in [0.15, 0.2) is 0 Å². The van der Waals surface area contributed by atoms with E-state index >= 15 is 0 Å². The van der Waals surface area contributed by atoms with Gasteiger partial charge in [0.2, 0.25) is 0 Å². The number of nitrogens with one attached hydrogen (secondary N) is 1. The summed E-state index contributed by atoms with van der Waals surface area (Å²) in [6.07, 6.45) is 8.78. The van der Waals surface area contributed by atoms with Crippen molar-refractivity contribution in [2.24, 2.45) is 23.2 Å². The summed E-state index contributed by atoms with van der Waals surface area (Å²) in [5, 5.41) is 3.95. The highest BCUT2D eigenvalue weighted by Gasteiger charge is 2.53. The Balaban J connectivity index is 1.67. The Bertz CT molecular complexity index is 282. The Morgan fingerprint density at radius 1 is 1.06 bits per heavy atom. The summed E-state index contributed by atoms with van der Waals surface area (Å²) in [4.78, 5) is 0. The van der Waals surface area contributed by atoms with E-state index in [1.807, 2.05) is 0 Å². The summed E-state index contributed by atoms with van der Waals surface area (Å²) in [5.41, 5.74) is 0.671. The number of hydrogen-bond acceptors (Lipinski definition) is 1. The van der Waals surface area contributed by atoms with E-state index < -0.39 is 0 Å². The van der Waals surface area contributed by atoms with Crippen LogP contribution in [-0.4, -0.2) is 17.5 Å². The van der Waals surface area contributed by atoms with E-state index in [2.05, 4.69) is 26.1 Å². The molecule has 0 spiro atoms. The minimum absolute atomic E-state index is 0.190. The number of halogens is 1. The van der Waals surface area contributed by atoms with Gasteiger partial charge in [0.15, 0.2) is 0 Å². The molecule has 1 atom stereocenters. The van der Waals surface area contributed by atoms with Gasteiger partial charge in [-0.3, -0.25) is 0 Å². The maximum absolute atomic E-state index is 6.85. The molecule has 4 fully saturated rings. The third-order valence-corrected chi connectivity index (χ3v) is 6.18. The van der Waals surface area contributed by atoms with Crippen molar-refractivity contribution in [3.05, 3.63) is 0 Å². The van der Waals surface area contributed by atoms with Crippen LogP contribution in [0.25, 0.3) is 0 Å². The first kappa shape index (κ1) is 13.2. The largest absolute Gasteiger partial charge is 0.311 e. The van der Waals surface area contributed by atoms with E-state index in [0.717, 1.165) is 24.3 Å². The third-order valence-electron chi connectivity index (χ3n) is 5.56. The van der Waals surface area contributed by atoms with Gasteiger partial charge in [-0.05, 0) is 82.5 Å². The summed E-state index contributed by atoms with van der Waals surface area (Å²) in [6, 6.07) is 0. The molecule has 2 heteroatoms. The van der Waals surface area contributed by atoms with Gasteiger partial charge in [0, 0.05) is 12.1 Å². The van der Waals surface area contributed by atoms with Crippen LogP contribution >= 0.6 is 11.6 Å². The third kappa shape index (κ3) is 2.45. The first-order valence-corrected chi connectivity index (χ1v) is 8.19. The van der Waals surface area contributed by atoms with Gasteiger partial charge in [0.05, 0.1) is 5.38 Å². The summed E-state index contributed by atoms with van der Waals surface area (Å²) < 4.78 is 0. The lowest BCUT2D eigenvalue weighted by atomic mass is 9.48. The molecule has 0 aromatic carbocycles. The fourth-order valence-electron chi connectivity index (χ4n) is 5.17. The lowest BCUT2D eigenvalue weighted by molar-refractivity contribution is -0.0548. The predicted octanol–water partition coefficient (Wildman–Crippen LogP) is 4.20. The second kappa shape index (κ2) is 4.38. The quantitative estimate of drug-likeness (QED) is 0.758. The summed E-state index contributed by atoms with van der Waals surface area (Å²) in [7, 11) is 0. The average Bonchev–Trinajstić information content (AvgIpc) is 2.22. The van der Waals surface area contributed by atoms with Gasteiger partial charge in [-0.25, -0.2) is 0 Å². The van der Waals surface area contributed by atoms with Crippen molar-refractivity contribution in [2.45, 2.75) is 70.2 Å². The molecule has 4 bridgehead atoms. The van der Waals surface area contributed by atoms with E-state index in [-0.39, 0.29) is 5.54 Å². The van der Waals surface area contributed by atoms with Gasteiger partial charge in [0.25, 0.3) is 0 Å². The number of alkyl halides is 1. The first-order chi connectivity index (χ1) is 8.36. The minimum Gasteiger partial charge on any atom is -0.311 e. The molecular weight excluding hydrogens is 242 g/mol. The van der Waals surface area contributed by atoms with Crippen molar-refractivity contribution in [3.63, 3.8) is 0 Å². The van der Waals surface area contributed by atoms with Gasteiger partial charge in [-0.1, -0.05) is 0 Å². The highest BCUT2D eigenvalue weighted by atomic mass is 35.5. The number of hydrogen-bond donors (Lipinski definition) is 1. The van der Waals surface area contributed by atoms with Crippen LogP contribution in [-0.2, 0) is 0 Å². The molecule has 0 heterocycles. The molecule has 1 nitrogen and oxygen atoms in total. The first-order valence-electron chi connectivity index (χ1n) is 7.75. The predicted molar refractivity (Wildman–Crippen MR) is 78.0 cm³/mol. The van der Waals surface area contributed by atoms with Crippen LogP contribution in [0, 0.1) is 23.2 Å². The molecular formula is C16H28ClN. The van der Waals surface area contributed by atoms with E-state index in [1.165, 1.54) is 38.5 Å². The fraction of sp³-hybridized carbons (Fsp3) is 1.00. The summed E-state index contributed by atoms with van der Waals surface area (Å²) >= 11 is 6.85. The molecule has 0 aromatic rings. The van der Waals surface area contributed by atoms with Crippen molar-refractivity contribution >= 4 is 11.6 Å². The van der Waals surface area contributed by atoms with Crippen molar-refractivity contribution in [1.29, 1.82) is 0 Å². The maximum atomic E-state index is 6.85. The number of rotatable bonds is 3. The highest BCUT2D eigenvalue weighted by Crippen LogP contribution is 2.62. The summed E-state index contributed by atoms with van der Waals surface area (Å²) in [5.74, 6) is 3.02. The van der Waals surface area contributed by atoms with Gasteiger partial charge in [-0.15, -0.1) is 11.6 Å². The molecule has 4 aliphatic rings. The van der Waals surface area contributed by atoms with E-state index in [4.69, 9.17) is 11.6 Å². The molecule has 1 N–H and O–H groups in total. The van der Waals surface area contributed by atoms with Crippen molar-refractivity contribution in [3.8, 4) is 0 Å². The van der Waals surface area contributed by atoms with E-state index in [1.54, 1.807) is 0 Å². The maximum Gasteiger partial charge on any atom is 0.0517 e. The van der Waals surface area contributed by atoms with E-state index in [9.17, 15) is 0 Å². The molecule has 0 aromatic heterocycles. The smallest absolute Gasteiger partial charge is 0.0517 e. The van der Waals surface area contributed by atoms with Crippen LogP contribution in [0.3, 0.4) is 0 Å². The zero-order chi connectivity index (χ0) is 13.0. The van der Waals surface area contributed by atoms with Crippen LogP contribution in [0.4, 0.5) is 0 Å². The molecule has 18 heavy (non-hydrogen) atoms.